The van der Waals surface area contributed by atoms with E-state index in [1.165, 1.54) is 0 Å². The van der Waals surface area contributed by atoms with Crippen molar-refractivity contribution in [2.75, 3.05) is 11.4 Å². The SMILES string of the molecule is O=C1c2ccccc2N(CCCn2ccnc2)C(=O)C1Cc1ccccc1. The van der Waals surface area contributed by atoms with Gasteiger partial charge in [0.1, 0.15) is 5.92 Å². The van der Waals surface area contributed by atoms with E-state index < -0.39 is 5.92 Å². The average molecular weight is 359 g/mol. The lowest BCUT2D eigenvalue weighted by Gasteiger charge is -2.33. The maximum atomic E-state index is 13.2. The van der Waals surface area contributed by atoms with E-state index in [0.717, 1.165) is 24.2 Å². The van der Waals surface area contributed by atoms with Gasteiger partial charge in [-0.25, -0.2) is 4.98 Å². The lowest BCUT2D eigenvalue weighted by Crippen LogP contribution is -2.46. The minimum Gasteiger partial charge on any atom is -0.337 e. The van der Waals surface area contributed by atoms with E-state index in [1.807, 2.05) is 65.4 Å². The van der Waals surface area contributed by atoms with Crippen molar-refractivity contribution in [3.05, 3.63) is 84.4 Å². The van der Waals surface area contributed by atoms with Gasteiger partial charge in [0.2, 0.25) is 5.91 Å². The summed E-state index contributed by atoms with van der Waals surface area (Å²) in [5.74, 6) is -0.839. The molecule has 0 N–H and O–H groups in total. The highest BCUT2D eigenvalue weighted by molar-refractivity contribution is 6.21. The fourth-order valence-corrected chi connectivity index (χ4v) is 3.61. The zero-order valence-corrected chi connectivity index (χ0v) is 15.0. The molecule has 2 heterocycles. The minimum atomic E-state index is -0.657. The number of fused-ring (bicyclic) bond motifs is 1. The number of para-hydroxylation sites is 1. The number of benzene rings is 2. The van der Waals surface area contributed by atoms with Crippen molar-refractivity contribution in [3.8, 4) is 0 Å². The molecule has 0 bridgehead atoms. The van der Waals surface area contributed by atoms with Crippen molar-refractivity contribution in [1.82, 2.24) is 9.55 Å². The van der Waals surface area contributed by atoms with Gasteiger partial charge in [-0.1, -0.05) is 42.5 Å². The van der Waals surface area contributed by atoms with Crippen LogP contribution >= 0.6 is 0 Å². The van der Waals surface area contributed by atoms with E-state index in [2.05, 4.69) is 4.98 Å². The summed E-state index contributed by atoms with van der Waals surface area (Å²) in [6.07, 6.45) is 6.66. The first kappa shape index (κ1) is 17.2. The molecular weight excluding hydrogens is 338 g/mol. The molecule has 0 aliphatic carbocycles. The molecule has 27 heavy (non-hydrogen) atoms. The number of rotatable bonds is 6. The fraction of sp³-hybridized carbons (Fsp3) is 0.227. The van der Waals surface area contributed by atoms with Gasteiger partial charge in [-0.15, -0.1) is 0 Å². The first-order valence-corrected chi connectivity index (χ1v) is 9.18. The Morgan fingerprint density at radius 1 is 0.926 bits per heavy atom. The number of amides is 1. The quantitative estimate of drug-likeness (QED) is 0.634. The molecule has 2 aromatic carbocycles. The number of imidazole rings is 1. The number of carbonyl (C=O) groups excluding carboxylic acids is 2. The Morgan fingerprint density at radius 3 is 2.48 bits per heavy atom. The van der Waals surface area contributed by atoms with Crippen LogP contribution in [0.5, 0.6) is 0 Å². The van der Waals surface area contributed by atoms with Gasteiger partial charge in [0.05, 0.1) is 12.0 Å². The maximum absolute atomic E-state index is 13.2. The highest BCUT2D eigenvalue weighted by atomic mass is 16.2. The van der Waals surface area contributed by atoms with Gasteiger partial charge in [-0.05, 0) is 30.5 Å². The van der Waals surface area contributed by atoms with E-state index in [4.69, 9.17) is 0 Å². The van der Waals surface area contributed by atoms with Crippen LogP contribution in [0.3, 0.4) is 0 Å². The summed E-state index contributed by atoms with van der Waals surface area (Å²) >= 11 is 0. The number of hydrogen-bond acceptors (Lipinski definition) is 3. The summed E-state index contributed by atoms with van der Waals surface area (Å²) in [6, 6.07) is 17.1. The summed E-state index contributed by atoms with van der Waals surface area (Å²) in [5, 5.41) is 0. The number of nitrogens with zero attached hydrogens (tertiary/aromatic N) is 3. The summed E-state index contributed by atoms with van der Waals surface area (Å²) in [5.41, 5.74) is 2.37. The van der Waals surface area contributed by atoms with Gasteiger partial charge >= 0.3 is 0 Å². The Morgan fingerprint density at radius 2 is 1.70 bits per heavy atom. The fourth-order valence-electron chi connectivity index (χ4n) is 3.61. The van der Waals surface area contributed by atoms with Gasteiger partial charge < -0.3 is 9.47 Å². The second-order valence-corrected chi connectivity index (χ2v) is 6.77. The summed E-state index contributed by atoms with van der Waals surface area (Å²) in [4.78, 5) is 32.0. The van der Waals surface area contributed by atoms with Crippen molar-refractivity contribution < 1.29 is 9.59 Å². The largest absolute Gasteiger partial charge is 0.337 e. The van der Waals surface area contributed by atoms with Crippen LogP contribution in [0.1, 0.15) is 22.3 Å². The molecule has 1 atom stereocenters. The number of ketones is 1. The molecule has 1 unspecified atom stereocenters. The lowest BCUT2D eigenvalue weighted by atomic mass is 9.85. The van der Waals surface area contributed by atoms with Gasteiger partial charge in [-0.3, -0.25) is 9.59 Å². The standard InChI is InChI=1S/C22H21N3O2/c26-21-18-9-4-5-10-20(18)25(13-6-12-24-14-11-23-16-24)22(27)19(21)15-17-7-2-1-3-8-17/h1-5,7-11,14,16,19H,6,12-13,15H2. The first-order valence-electron chi connectivity index (χ1n) is 9.18. The number of hydrogen-bond donors (Lipinski definition) is 0. The van der Waals surface area contributed by atoms with E-state index in [1.54, 1.807) is 17.4 Å². The highest BCUT2D eigenvalue weighted by Crippen LogP contribution is 2.32. The summed E-state index contributed by atoms with van der Waals surface area (Å²) < 4.78 is 1.99. The Bertz CT molecular complexity index is 935. The summed E-state index contributed by atoms with van der Waals surface area (Å²) in [7, 11) is 0. The van der Waals surface area contributed by atoms with Crippen molar-refractivity contribution in [1.29, 1.82) is 0 Å². The lowest BCUT2D eigenvalue weighted by molar-refractivity contribution is -0.121. The molecule has 1 aromatic heterocycles. The van der Waals surface area contributed by atoms with E-state index in [-0.39, 0.29) is 11.7 Å². The minimum absolute atomic E-state index is 0.0784. The van der Waals surface area contributed by atoms with Crippen molar-refractivity contribution in [2.45, 2.75) is 19.4 Å². The second-order valence-electron chi connectivity index (χ2n) is 6.77. The number of Topliss-reactive ketones (excluding diaryl/α,β-unsaturated/α-hetero) is 1. The molecule has 0 saturated carbocycles. The van der Waals surface area contributed by atoms with Crippen LogP contribution in [0.15, 0.2) is 73.3 Å². The van der Waals surface area contributed by atoms with Crippen molar-refractivity contribution in [2.24, 2.45) is 5.92 Å². The maximum Gasteiger partial charge on any atom is 0.238 e. The number of carbonyl (C=O) groups is 2. The first-order chi connectivity index (χ1) is 13.2. The van der Waals surface area contributed by atoms with Crippen LogP contribution in [0.25, 0.3) is 0 Å². The topological polar surface area (TPSA) is 55.2 Å². The van der Waals surface area contributed by atoms with Crippen LogP contribution in [-0.4, -0.2) is 27.8 Å². The van der Waals surface area contributed by atoms with Gasteiger partial charge in [0, 0.05) is 31.0 Å². The molecule has 0 fully saturated rings. The monoisotopic (exact) mass is 359 g/mol. The molecule has 5 heteroatoms. The van der Waals surface area contributed by atoms with Crippen molar-refractivity contribution >= 4 is 17.4 Å². The summed E-state index contributed by atoms with van der Waals surface area (Å²) in [6.45, 7) is 1.36. The van der Waals surface area contributed by atoms with Gasteiger partial charge in [0.15, 0.2) is 5.78 Å². The van der Waals surface area contributed by atoms with Gasteiger partial charge in [0.25, 0.3) is 0 Å². The molecule has 5 nitrogen and oxygen atoms in total. The van der Waals surface area contributed by atoms with Crippen LogP contribution in [0, 0.1) is 5.92 Å². The molecule has 0 radical (unpaired) electrons. The smallest absolute Gasteiger partial charge is 0.238 e. The van der Waals surface area contributed by atoms with E-state index in [0.29, 0.717) is 18.5 Å². The molecule has 136 valence electrons. The zero-order chi connectivity index (χ0) is 18.6. The molecule has 4 rings (SSSR count). The molecule has 0 spiro atoms. The van der Waals surface area contributed by atoms with E-state index in [9.17, 15) is 9.59 Å². The molecule has 1 aliphatic heterocycles. The van der Waals surface area contributed by atoms with Crippen LogP contribution in [0.2, 0.25) is 0 Å². The van der Waals surface area contributed by atoms with Crippen LogP contribution in [-0.2, 0) is 17.8 Å². The Balaban J connectivity index is 1.58. The highest BCUT2D eigenvalue weighted by Gasteiger charge is 2.38. The second kappa shape index (κ2) is 7.58. The zero-order valence-electron chi connectivity index (χ0n) is 15.0. The Hall–Kier alpha value is -3.21. The molecule has 3 aromatic rings. The average Bonchev–Trinajstić information content (AvgIpc) is 3.22. The Kier molecular flexibility index (Phi) is 4.83. The predicted octanol–water partition coefficient (Wildman–Crippen LogP) is 3.36. The van der Waals surface area contributed by atoms with Crippen LogP contribution < -0.4 is 4.90 Å². The third-order valence-electron chi connectivity index (χ3n) is 4.98. The van der Waals surface area contributed by atoms with Crippen molar-refractivity contribution in [3.63, 3.8) is 0 Å². The van der Waals surface area contributed by atoms with E-state index >= 15 is 0 Å². The number of aromatic nitrogens is 2. The molecular formula is C22H21N3O2. The third kappa shape index (κ3) is 3.53. The molecule has 1 amide bonds. The number of anilines is 1. The predicted molar refractivity (Wildman–Crippen MR) is 104 cm³/mol. The number of aryl methyl sites for hydroxylation is 1. The molecule has 1 aliphatic rings. The normalized spacial score (nSPS) is 16.4. The van der Waals surface area contributed by atoms with Crippen LogP contribution in [0.4, 0.5) is 5.69 Å². The van der Waals surface area contributed by atoms with Gasteiger partial charge in [-0.2, -0.15) is 0 Å². The third-order valence-corrected chi connectivity index (χ3v) is 4.98. The molecule has 0 saturated heterocycles. The Labute approximate surface area is 158 Å².